The van der Waals surface area contributed by atoms with Gasteiger partial charge in [-0.2, -0.15) is 0 Å². The van der Waals surface area contributed by atoms with Gasteiger partial charge < -0.3 is 16.2 Å². The van der Waals surface area contributed by atoms with Gasteiger partial charge in [0.1, 0.15) is 5.75 Å². The SMILES string of the molecule is NC(=O)c1ccc(OC2CCCCCC2)c(N)c1. The molecule has 4 N–H and O–H groups in total. The molecule has 0 atom stereocenters. The van der Waals surface area contributed by atoms with Crippen LogP contribution in [0.25, 0.3) is 0 Å². The summed E-state index contributed by atoms with van der Waals surface area (Å²) in [7, 11) is 0. The van der Waals surface area contributed by atoms with Crippen molar-refractivity contribution in [2.75, 3.05) is 5.73 Å². The van der Waals surface area contributed by atoms with Gasteiger partial charge in [0.15, 0.2) is 0 Å². The Bertz CT molecular complexity index is 424. The molecule has 1 aromatic rings. The van der Waals surface area contributed by atoms with Crippen molar-refractivity contribution < 1.29 is 9.53 Å². The predicted molar refractivity (Wildman–Crippen MR) is 71.5 cm³/mol. The zero-order chi connectivity index (χ0) is 13.0. The number of rotatable bonds is 3. The Balaban J connectivity index is 2.06. The van der Waals surface area contributed by atoms with Crippen LogP contribution in [0.2, 0.25) is 0 Å². The lowest BCUT2D eigenvalue weighted by atomic mass is 10.1. The average molecular weight is 248 g/mol. The molecule has 18 heavy (non-hydrogen) atoms. The van der Waals surface area contributed by atoms with Crippen molar-refractivity contribution in [3.63, 3.8) is 0 Å². The van der Waals surface area contributed by atoms with E-state index in [-0.39, 0.29) is 6.10 Å². The fraction of sp³-hybridized carbons (Fsp3) is 0.500. The maximum absolute atomic E-state index is 11.0. The fourth-order valence-electron chi connectivity index (χ4n) is 2.35. The minimum absolute atomic E-state index is 0.245. The molecule has 0 spiro atoms. The van der Waals surface area contributed by atoms with E-state index in [1.807, 2.05) is 0 Å². The molecule has 1 saturated carbocycles. The molecule has 1 aromatic carbocycles. The molecule has 0 heterocycles. The van der Waals surface area contributed by atoms with Crippen LogP contribution in [-0.4, -0.2) is 12.0 Å². The van der Waals surface area contributed by atoms with Gasteiger partial charge in [0.2, 0.25) is 5.91 Å². The van der Waals surface area contributed by atoms with Gasteiger partial charge in [-0.1, -0.05) is 12.8 Å². The van der Waals surface area contributed by atoms with E-state index in [0.717, 1.165) is 12.8 Å². The van der Waals surface area contributed by atoms with E-state index in [1.165, 1.54) is 25.7 Å². The van der Waals surface area contributed by atoms with Gasteiger partial charge in [0, 0.05) is 5.56 Å². The Hall–Kier alpha value is -1.71. The number of nitrogens with two attached hydrogens (primary N) is 2. The molecule has 98 valence electrons. The van der Waals surface area contributed by atoms with Crippen LogP contribution in [-0.2, 0) is 0 Å². The summed E-state index contributed by atoms with van der Waals surface area (Å²) in [6.45, 7) is 0. The molecule has 0 unspecified atom stereocenters. The molecule has 0 radical (unpaired) electrons. The van der Waals surface area contributed by atoms with Gasteiger partial charge >= 0.3 is 0 Å². The highest BCUT2D eigenvalue weighted by Gasteiger charge is 2.15. The molecule has 0 saturated heterocycles. The van der Waals surface area contributed by atoms with E-state index in [9.17, 15) is 4.79 Å². The first kappa shape index (κ1) is 12.7. The van der Waals surface area contributed by atoms with Crippen LogP contribution < -0.4 is 16.2 Å². The average Bonchev–Trinajstić information content (AvgIpc) is 2.60. The van der Waals surface area contributed by atoms with Crippen LogP contribution in [0.3, 0.4) is 0 Å². The third-order valence-electron chi connectivity index (χ3n) is 3.39. The predicted octanol–water partition coefficient (Wildman–Crippen LogP) is 2.47. The molecule has 1 aliphatic carbocycles. The number of hydrogen-bond acceptors (Lipinski definition) is 3. The van der Waals surface area contributed by atoms with E-state index in [0.29, 0.717) is 17.0 Å². The van der Waals surface area contributed by atoms with Crippen molar-refractivity contribution in [3.8, 4) is 5.75 Å². The van der Waals surface area contributed by atoms with Crippen LogP contribution in [0.5, 0.6) is 5.75 Å². The largest absolute Gasteiger partial charge is 0.488 e. The number of carbonyl (C=O) groups excluding carboxylic acids is 1. The number of amides is 1. The number of anilines is 1. The van der Waals surface area contributed by atoms with Crippen molar-refractivity contribution >= 4 is 11.6 Å². The molecule has 0 aliphatic heterocycles. The van der Waals surface area contributed by atoms with E-state index in [2.05, 4.69) is 0 Å². The quantitative estimate of drug-likeness (QED) is 0.637. The lowest BCUT2D eigenvalue weighted by Crippen LogP contribution is -2.16. The summed E-state index contributed by atoms with van der Waals surface area (Å²) < 4.78 is 5.92. The molecule has 1 fully saturated rings. The van der Waals surface area contributed by atoms with Gasteiger partial charge in [-0.15, -0.1) is 0 Å². The molecule has 1 amide bonds. The van der Waals surface area contributed by atoms with Crippen LogP contribution in [0.15, 0.2) is 18.2 Å². The lowest BCUT2D eigenvalue weighted by Gasteiger charge is -2.18. The maximum Gasteiger partial charge on any atom is 0.248 e. The standard InChI is InChI=1S/C14H20N2O2/c15-12-9-10(14(16)17)7-8-13(12)18-11-5-3-1-2-4-6-11/h7-9,11H,1-6,15H2,(H2,16,17). The van der Waals surface area contributed by atoms with Gasteiger partial charge in [0.25, 0.3) is 0 Å². The maximum atomic E-state index is 11.0. The lowest BCUT2D eigenvalue weighted by molar-refractivity contribution is 0.100. The summed E-state index contributed by atoms with van der Waals surface area (Å²) in [5.41, 5.74) is 12.0. The van der Waals surface area contributed by atoms with Crippen molar-refractivity contribution in [1.29, 1.82) is 0 Å². The number of benzene rings is 1. The zero-order valence-corrected chi connectivity index (χ0v) is 10.5. The molecule has 2 rings (SSSR count). The van der Waals surface area contributed by atoms with Crippen LogP contribution >= 0.6 is 0 Å². The molecule has 0 aromatic heterocycles. The van der Waals surface area contributed by atoms with E-state index in [4.69, 9.17) is 16.2 Å². The Kier molecular flexibility index (Phi) is 4.07. The van der Waals surface area contributed by atoms with E-state index < -0.39 is 5.91 Å². The minimum atomic E-state index is -0.470. The molecule has 1 aliphatic rings. The molecular formula is C14H20N2O2. The minimum Gasteiger partial charge on any atom is -0.488 e. The molecule has 4 nitrogen and oxygen atoms in total. The van der Waals surface area contributed by atoms with Crippen molar-refractivity contribution in [1.82, 2.24) is 0 Å². The highest BCUT2D eigenvalue weighted by Crippen LogP contribution is 2.27. The van der Waals surface area contributed by atoms with Crippen LogP contribution in [0.4, 0.5) is 5.69 Å². The fourth-order valence-corrected chi connectivity index (χ4v) is 2.35. The topological polar surface area (TPSA) is 78.3 Å². The van der Waals surface area contributed by atoms with Crippen molar-refractivity contribution in [3.05, 3.63) is 23.8 Å². The number of ether oxygens (including phenoxy) is 1. The number of nitrogen functional groups attached to an aromatic ring is 1. The summed E-state index contributed by atoms with van der Waals surface area (Å²) in [6, 6.07) is 4.97. The molecular weight excluding hydrogens is 228 g/mol. The Morgan fingerprint density at radius 3 is 2.39 bits per heavy atom. The third kappa shape index (κ3) is 3.15. The van der Waals surface area contributed by atoms with Crippen molar-refractivity contribution in [2.45, 2.75) is 44.6 Å². The second-order valence-corrected chi connectivity index (χ2v) is 4.85. The summed E-state index contributed by atoms with van der Waals surface area (Å²) in [5.74, 6) is 0.189. The van der Waals surface area contributed by atoms with Gasteiger partial charge in [-0.05, 0) is 43.9 Å². The first-order valence-electron chi connectivity index (χ1n) is 6.53. The first-order chi connectivity index (χ1) is 8.66. The summed E-state index contributed by atoms with van der Waals surface area (Å²) in [5, 5.41) is 0. The Labute approximate surface area is 107 Å². The van der Waals surface area contributed by atoms with Gasteiger partial charge in [-0.25, -0.2) is 0 Å². The molecule has 4 heteroatoms. The first-order valence-corrected chi connectivity index (χ1v) is 6.53. The second-order valence-electron chi connectivity index (χ2n) is 4.85. The Morgan fingerprint density at radius 2 is 1.83 bits per heavy atom. The number of primary amides is 1. The highest BCUT2D eigenvalue weighted by molar-refractivity contribution is 5.94. The zero-order valence-electron chi connectivity index (χ0n) is 10.5. The molecule has 0 bridgehead atoms. The Morgan fingerprint density at radius 1 is 1.17 bits per heavy atom. The summed E-state index contributed by atoms with van der Waals surface area (Å²) in [4.78, 5) is 11.0. The number of carbonyl (C=O) groups is 1. The summed E-state index contributed by atoms with van der Waals surface area (Å²) in [6.07, 6.45) is 7.41. The second kappa shape index (κ2) is 5.76. The smallest absolute Gasteiger partial charge is 0.248 e. The highest BCUT2D eigenvalue weighted by atomic mass is 16.5. The number of hydrogen-bond donors (Lipinski definition) is 2. The van der Waals surface area contributed by atoms with Gasteiger partial charge in [-0.3, -0.25) is 4.79 Å². The van der Waals surface area contributed by atoms with E-state index in [1.54, 1.807) is 18.2 Å². The monoisotopic (exact) mass is 248 g/mol. The summed E-state index contributed by atoms with van der Waals surface area (Å²) >= 11 is 0. The van der Waals surface area contributed by atoms with Crippen molar-refractivity contribution in [2.24, 2.45) is 5.73 Å². The van der Waals surface area contributed by atoms with E-state index >= 15 is 0 Å². The van der Waals surface area contributed by atoms with Crippen LogP contribution in [0, 0.1) is 0 Å². The van der Waals surface area contributed by atoms with Crippen LogP contribution in [0.1, 0.15) is 48.9 Å². The third-order valence-corrected chi connectivity index (χ3v) is 3.39. The normalized spacial score (nSPS) is 17.1. The van der Waals surface area contributed by atoms with Gasteiger partial charge in [0.05, 0.1) is 11.8 Å².